The molecular weight excluding hydrogens is 554 g/mol. The zero-order valence-corrected chi connectivity index (χ0v) is 23.3. The quantitative estimate of drug-likeness (QED) is 0.362. The molecule has 2 heterocycles. The number of amides is 2. The van der Waals surface area contributed by atoms with Gasteiger partial charge in [-0.25, -0.2) is 9.40 Å². The lowest BCUT2D eigenvalue weighted by molar-refractivity contribution is -0.133. The Hall–Kier alpha value is -3.30. The minimum atomic E-state index is -0.684. The first-order valence-electron chi connectivity index (χ1n) is 13.1. The second-order valence-electron chi connectivity index (χ2n) is 9.67. The molecule has 0 aliphatic carbocycles. The van der Waals surface area contributed by atoms with E-state index in [4.69, 9.17) is 27.9 Å². The molecule has 10 heteroatoms. The third kappa shape index (κ3) is 6.36. The summed E-state index contributed by atoms with van der Waals surface area (Å²) in [6.07, 6.45) is 0.280. The van der Waals surface area contributed by atoms with Crippen LogP contribution < -0.4 is 0 Å². The summed E-state index contributed by atoms with van der Waals surface area (Å²) in [5.74, 6) is -1.22. The van der Waals surface area contributed by atoms with Gasteiger partial charge in [-0.15, -0.1) is 0 Å². The highest BCUT2D eigenvalue weighted by atomic mass is 35.5. The summed E-state index contributed by atoms with van der Waals surface area (Å²) < 4.78 is 20.4. The summed E-state index contributed by atoms with van der Waals surface area (Å²) >= 11 is 12.8. The fourth-order valence-corrected chi connectivity index (χ4v) is 5.43. The number of hydrazone groups is 1. The van der Waals surface area contributed by atoms with Crippen molar-refractivity contribution in [2.75, 3.05) is 45.9 Å². The molecule has 0 radical (unpaired) electrons. The summed E-state index contributed by atoms with van der Waals surface area (Å²) in [5, 5.41) is 6.72. The standard InChI is InChI=1S/C30H29Cl2FN4O3/c31-24-10-4-1-7-21(24)27-19-28(23-9-3-6-12-26(23)33)37(34-27)29(38)20-36(14-13-35-15-17-40-18-16-35)30(39)22-8-2-5-11-25(22)32/h1-12,28H,13-20H2/t28-/m0/s1. The van der Waals surface area contributed by atoms with Gasteiger partial charge in [-0.2, -0.15) is 5.10 Å². The molecule has 1 fully saturated rings. The fraction of sp³-hybridized carbons (Fsp3) is 0.300. The molecule has 0 unspecified atom stereocenters. The van der Waals surface area contributed by atoms with Crippen molar-refractivity contribution >= 4 is 40.7 Å². The number of carbonyl (C=O) groups is 2. The second kappa shape index (κ2) is 12.9. The molecule has 2 aliphatic heterocycles. The highest BCUT2D eigenvalue weighted by Crippen LogP contribution is 2.35. The van der Waals surface area contributed by atoms with Crippen molar-refractivity contribution < 1.29 is 18.7 Å². The predicted octanol–water partition coefficient (Wildman–Crippen LogP) is 5.28. The second-order valence-corrected chi connectivity index (χ2v) is 10.5. The Labute approximate surface area is 242 Å². The Morgan fingerprint density at radius 2 is 1.62 bits per heavy atom. The Kier molecular flexibility index (Phi) is 9.11. The van der Waals surface area contributed by atoms with Crippen LogP contribution in [0.3, 0.4) is 0 Å². The molecule has 7 nitrogen and oxygen atoms in total. The zero-order chi connectivity index (χ0) is 28.1. The molecule has 2 amide bonds. The van der Waals surface area contributed by atoms with Crippen molar-refractivity contribution in [2.45, 2.75) is 12.5 Å². The maximum Gasteiger partial charge on any atom is 0.262 e. The molecule has 1 atom stereocenters. The van der Waals surface area contributed by atoms with E-state index in [0.29, 0.717) is 58.8 Å². The van der Waals surface area contributed by atoms with Crippen LogP contribution in [0.15, 0.2) is 77.9 Å². The van der Waals surface area contributed by atoms with Gasteiger partial charge in [0.1, 0.15) is 12.4 Å². The van der Waals surface area contributed by atoms with Crippen LogP contribution in [0.25, 0.3) is 0 Å². The number of benzene rings is 3. The fourth-order valence-electron chi connectivity index (χ4n) is 4.97. The topological polar surface area (TPSA) is 65.5 Å². The van der Waals surface area contributed by atoms with Crippen molar-refractivity contribution in [3.05, 3.63) is 105 Å². The monoisotopic (exact) mass is 582 g/mol. The average Bonchev–Trinajstić information content (AvgIpc) is 3.41. The Morgan fingerprint density at radius 1 is 0.950 bits per heavy atom. The van der Waals surface area contributed by atoms with Gasteiger partial charge in [-0.05, 0) is 24.3 Å². The highest BCUT2D eigenvalue weighted by molar-refractivity contribution is 6.34. The molecule has 0 aromatic heterocycles. The minimum absolute atomic E-state index is 0.251. The SMILES string of the molecule is O=C(c1ccccc1Cl)N(CCN1CCOCC1)CC(=O)N1N=C(c2ccccc2Cl)C[C@H]1c1ccccc1F. The molecule has 40 heavy (non-hydrogen) atoms. The van der Waals surface area contributed by atoms with E-state index in [2.05, 4.69) is 10.0 Å². The van der Waals surface area contributed by atoms with E-state index in [1.807, 2.05) is 18.2 Å². The number of halogens is 3. The van der Waals surface area contributed by atoms with Gasteiger partial charge in [0, 0.05) is 48.7 Å². The van der Waals surface area contributed by atoms with Crippen LogP contribution in [-0.4, -0.2) is 78.3 Å². The van der Waals surface area contributed by atoms with Crippen molar-refractivity contribution in [3.63, 3.8) is 0 Å². The molecule has 3 aromatic rings. The Balaban J connectivity index is 1.44. The first kappa shape index (κ1) is 28.2. The Morgan fingerprint density at radius 3 is 2.35 bits per heavy atom. The average molecular weight is 583 g/mol. The zero-order valence-electron chi connectivity index (χ0n) is 21.8. The molecule has 0 N–H and O–H groups in total. The lowest BCUT2D eigenvalue weighted by atomic mass is 9.98. The lowest BCUT2D eigenvalue weighted by Gasteiger charge is -2.31. The van der Waals surface area contributed by atoms with E-state index in [1.54, 1.807) is 48.5 Å². The van der Waals surface area contributed by atoms with Crippen LogP contribution in [-0.2, 0) is 9.53 Å². The van der Waals surface area contributed by atoms with Gasteiger partial charge >= 0.3 is 0 Å². The van der Waals surface area contributed by atoms with Gasteiger partial charge in [0.15, 0.2) is 0 Å². The van der Waals surface area contributed by atoms with Crippen molar-refractivity contribution in [2.24, 2.45) is 5.10 Å². The predicted molar refractivity (Wildman–Crippen MR) is 153 cm³/mol. The van der Waals surface area contributed by atoms with Crippen LogP contribution >= 0.6 is 23.2 Å². The van der Waals surface area contributed by atoms with Crippen molar-refractivity contribution in [3.8, 4) is 0 Å². The third-order valence-corrected chi connectivity index (χ3v) is 7.78. The van der Waals surface area contributed by atoms with Crippen molar-refractivity contribution in [1.82, 2.24) is 14.8 Å². The number of nitrogens with zero attached hydrogens (tertiary/aromatic N) is 4. The first-order chi connectivity index (χ1) is 19.4. The molecular formula is C30H29Cl2FN4O3. The smallest absolute Gasteiger partial charge is 0.262 e. The van der Waals surface area contributed by atoms with E-state index in [0.717, 1.165) is 13.1 Å². The number of hydrogen-bond donors (Lipinski definition) is 0. The van der Waals surface area contributed by atoms with Crippen molar-refractivity contribution in [1.29, 1.82) is 0 Å². The number of morpholine rings is 1. The molecule has 5 rings (SSSR count). The van der Waals surface area contributed by atoms with Gasteiger partial charge in [-0.3, -0.25) is 14.5 Å². The highest BCUT2D eigenvalue weighted by Gasteiger charge is 2.36. The molecule has 0 saturated carbocycles. The lowest BCUT2D eigenvalue weighted by Crippen LogP contribution is -2.46. The van der Waals surface area contributed by atoms with E-state index < -0.39 is 17.8 Å². The molecule has 208 valence electrons. The van der Waals surface area contributed by atoms with Crippen LogP contribution in [0.1, 0.15) is 33.9 Å². The number of rotatable bonds is 8. The molecule has 1 saturated heterocycles. The van der Waals surface area contributed by atoms with Crippen LogP contribution in [0.2, 0.25) is 10.0 Å². The summed E-state index contributed by atoms with van der Waals surface area (Å²) in [7, 11) is 0. The summed E-state index contributed by atoms with van der Waals surface area (Å²) in [6.45, 7) is 3.35. The van der Waals surface area contributed by atoms with E-state index in [9.17, 15) is 14.0 Å². The minimum Gasteiger partial charge on any atom is -0.379 e. The van der Waals surface area contributed by atoms with Crippen LogP contribution in [0, 0.1) is 5.82 Å². The van der Waals surface area contributed by atoms with E-state index in [1.165, 1.54) is 16.0 Å². The molecule has 2 aliphatic rings. The summed E-state index contributed by atoms with van der Waals surface area (Å²) in [5.41, 5.74) is 1.91. The molecule has 0 bridgehead atoms. The van der Waals surface area contributed by atoms with Crippen LogP contribution in [0.4, 0.5) is 4.39 Å². The largest absolute Gasteiger partial charge is 0.379 e. The van der Waals surface area contributed by atoms with Gasteiger partial charge in [0.05, 0.1) is 35.6 Å². The van der Waals surface area contributed by atoms with E-state index in [-0.39, 0.29) is 18.9 Å². The summed E-state index contributed by atoms with van der Waals surface area (Å²) in [4.78, 5) is 31.2. The number of ether oxygens (including phenoxy) is 1. The number of hydrogen-bond acceptors (Lipinski definition) is 5. The summed E-state index contributed by atoms with van der Waals surface area (Å²) in [6, 6.07) is 19.6. The first-order valence-corrected chi connectivity index (χ1v) is 13.9. The van der Waals surface area contributed by atoms with Gasteiger partial charge < -0.3 is 9.64 Å². The van der Waals surface area contributed by atoms with Gasteiger partial charge in [0.25, 0.3) is 11.8 Å². The van der Waals surface area contributed by atoms with Crippen LogP contribution in [0.5, 0.6) is 0 Å². The maximum atomic E-state index is 15.0. The van der Waals surface area contributed by atoms with Gasteiger partial charge in [0.2, 0.25) is 0 Å². The molecule has 3 aromatic carbocycles. The number of carbonyl (C=O) groups excluding carboxylic acids is 2. The third-order valence-electron chi connectivity index (χ3n) is 7.12. The molecule has 0 spiro atoms. The Bertz CT molecular complexity index is 1410. The maximum absolute atomic E-state index is 15.0. The van der Waals surface area contributed by atoms with Gasteiger partial charge in [-0.1, -0.05) is 71.7 Å². The van der Waals surface area contributed by atoms with E-state index >= 15 is 0 Å². The normalized spacial score (nSPS) is 17.5.